The third-order valence-corrected chi connectivity index (χ3v) is 4.64. The molecule has 1 amide bonds. The lowest BCUT2D eigenvalue weighted by Crippen LogP contribution is -2.51. The first kappa shape index (κ1) is 15.8. The molecule has 1 aliphatic heterocycles. The average Bonchev–Trinajstić information content (AvgIpc) is 3.23. The van der Waals surface area contributed by atoms with Gasteiger partial charge in [-0.25, -0.2) is 0 Å². The monoisotopic (exact) mass is 281 g/mol. The zero-order valence-corrected chi connectivity index (χ0v) is 13.4. The third kappa shape index (κ3) is 5.06. The maximum absolute atomic E-state index is 12.2. The van der Waals surface area contributed by atoms with Crippen LogP contribution in [0.5, 0.6) is 0 Å². The second-order valence-corrected chi connectivity index (χ2v) is 7.09. The normalized spacial score (nSPS) is 23.9. The van der Waals surface area contributed by atoms with E-state index in [-0.39, 0.29) is 11.4 Å². The number of nitrogens with zero attached hydrogens (tertiary/aromatic N) is 1. The van der Waals surface area contributed by atoms with Crippen LogP contribution in [0, 0.1) is 0 Å². The van der Waals surface area contributed by atoms with Crippen molar-refractivity contribution in [2.45, 2.75) is 76.9 Å². The zero-order chi connectivity index (χ0) is 14.6. The molecule has 0 radical (unpaired) electrons. The Balaban J connectivity index is 1.81. The van der Waals surface area contributed by atoms with Crippen molar-refractivity contribution in [3.8, 4) is 0 Å². The van der Waals surface area contributed by atoms with Crippen LogP contribution in [-0.2, 0) is 4.79 Å². The minimum atomic E-state index is -0.0879. The average molecular weight is 281 g/mol. The first-order valence-corrected chi connectivity index (χ1v) is 8.28. The maximum Gasteiger partial charge on any atom is 0.234 e. The standard InChI is InChI=1S/C16H31N3O/c1-4-16(2,3)18-15(20)12-19(14-8-9-14)11-13-7-5-6-10-17-13/h13-14,17H,4-12H2,1-3H3,(H,18,20). The number of rotatable bonds is 7. The number of carbonyl (C=O) groups excluding carboxylic acids is 1. The van der Waals surface area contributed by atoms with E-state index in [1.165, 1.54) is 32.1 Å². The van der Waals surface area contributed by atoms with Gasteiger partial charge >= 0.3 is 0 Å². The number of piperidine rings is 1. The Labute approximate surface area is 123 Å². The fraction of sp³-hybridized carbons (Fsp3) is 0.938. The lowest BCUT2D eigenvalue weighted by molar-refractivity contribution is -0.124. The van der Waals surface area contributed by atoms with E-state index >= 15 is 0 Å². The summed E-state index contributed by atoms with van der Waals surface area (Å²) in [6.07, 6.45) is 7.36. The van der Waals surface area contributed by atoms with Crippen molar-refractivity contribution in [2.24, 2.45) is 0 Å². The number of carbonyl (C=O) groups is 1. The number of amides is 1. The summed E-state index contributed by atoms with van der Waals surface area (Å²) in [7, 11) is 0. The summed E-state index contributed by atoms with van der Waals surface area (Å²) < 4.78 is 0. The minimum Gasteiger partial charge on any atom is -0.350 e. The summed E-state index contributed by atoms with van der Waals surface area (Å²) in [5.74, 6) is 0.180. The molecule has 1 atom stereocenters. The van der Waals surface area contributed by atoms with Gasteiger partial charge in [-0.2, -0.15) is 0 Å². The van der Waals surface area contributed by atoms with Crippen LogP contribution in [0.3, 0.4) is 0 Å². The first-order chi connectivity index (χ1) is 9.50. The highest BCUT2D eigenvalue weighted by Gasteiger charge is 2.32. The molecule has 0 bridgehead atoms. The maximum atomic E-state index is 12.2. The van der Waals surface area contributed by atoms with Gasteiger partial charge in [0.2, 0.25) is 5.91 Å². The molecule has 116 valence electrons. The molecule has 2 rings (SSSR count). The third-order valence-electron chi connectivity index (χ3n) is 4.64. The Morgan fingerprint density at radius 1 is 1.30 bits per heavy atom. The van der Waals surface area contributed by atoms with E-state index in [9.17, 15) is 4.79 Å². The molecule has 0 aromatic heterocycles. The minimum absolute atomic E-state index is 0.0879. The molecule has 2 N–H and O–H groups in total. The van der Waals surface area contributed by atoms with Gasteiger partial charge in [0.1, 0.15) is 0 Å². The van der Waals surface area contributed by atoms with Crippen LogP contribution >= 0.6 is 0 Å². The molecule has 1 aliphatic carbocycles. The van der Waals surface area contributed by atoms with E-state index in [4.69, 9.17) is 0 Å². The van der Waals surface area contributed by atoms with Gasteiger partial charge in [-0.3, -0.25) is 9.69 Å². The molecule has 0 spiro atoms. The van der Waals surface area contributed by atoms with Gasteiger partial charge in [0, 0.05) is 24.2 Å². The SMILES string of the molecule is CCC(C)(C)NC(=O)CN(CC1CCCCN1)C1CC1. The highest BCUT2D eigenvalue weighted by atomic mass is 16.2. The Bertz CT molecular complexity index is 320. The zero-order valence-electron chi connectivity index (χ0n) is 13.4. The van der Waals surface area contributed by atoms with Gasteiger partial charge in [-0.1, -0.05) is 13.3 Å². The fourth-order valence-corrected chi connectivity index (χ4v) is 2.84. The number of hydrogen-bond acceptors (Lipinski definition) is 3. The van der Waals surface area contributed by atoms with Gasteiger partial charge in [0.05, 0.1) is 6.54 Å². The topological polar surface area (TPSA) is 44.4 Å². The van der Waals surface area contributed by atoms with E-state index in [1.54, 1.807) is 0 Å². The van der Waals surface area contributed by atoms with E-state index in [0.717, 1.165) is 19.5 Å². The highest BCUT2D eigenvalue weighted by Crippen LogP contribution is 2.27. The van der Waals surface area contributed by atoms with Gasteiger partial charge in [0.25, 0.3) is 0 Å². The Kier molecular flexibility index (Phi) is 5.44. The largest absolute Gasteiger partial charge is 0.350 e. The fourth-order valence-electron chi connectivity index (χ4n) is 2.84. The smallest absolute Gasteiger partial charge is 0.234 e. The van der Waals surface area contributed by atoms with Crippen molar-refractivity contribution in [3.63, 3.8) is 0 Å². The van der Waals surface area contributed by atoms with Crippen LogP contribution in [0.2, 0.25) is 0 Å². The van der Waals surface area contributed by atoms with Crippen LogP contribution in [0.4, 0.5) is 0 Å². The molecule has 1 saturated carbocycles. The Morgan fingerprint density at radius 3 is 2.60 bits per heavy atom. The second kappa shape index (κ2) is 6.90. The van der Waals surface area contributed by atoms with E-state index < -0.39 is 0 Å². The molecule has 0 aromatic carbocycles. The van der Waals surface area contributed by atoms with Gasteiger partial charge < -0.3 is 10.6 Å². The van der Waals surface area contributed by atoms with Crippen LogP contribution in [0.25, 0.3) is 0 Å². The molecule has 2 aliphatic rings. The molecular formula is C16H31N3O. The predicted octanol–water partition coefficient (Wildman–Crippen LogP) is 1.90. The van der Waals surface area contributed by atoms with Crippen LogP contribution < -0.4 is 10.6 Å². The lowest BCUT2D eigenvalue weighted by atomic mass is 10.0. The van der Waals surface area contributed by atoms with Crippen molar-refractivity contribution < 1.29 is 4.79 Å². The molecule has 2 fully saturated rings. The van der Waals surface area contributed by atoms with Crippen molar-refractivity contribution in [1.82, 2.24) is 15.5 Å². The predicted molar refractivity (Wildman–Crippen MR) is 82.7 cm³/mol. The summed E-state index contributed by atoms with van der Waals surface area (Å²) >= 11 is 0. The summed E-state index contributed by atoms with van der Waals surface area (Å²) in [6.45, 7) is 9.03. The summed E-state index contributed by atoms with van der Waals surface area (Å²) in [6, 6.07) is 1.23. The van der Waals surface area contributed by atoms with E-state index in [2.05, 4.69) is 36.3 Å². The van der Waals surface area contributed by atoms with Gasteiger partial charge in [0.15, 0.2) is 0 Å². The van der Waals surface area contributed by atoms with Gasteiger partial charge in [-0.05, 0) is 52.5 Å². The molecule has 1 heterocycles. The summed E-state index contributed by atoms with van der Waals surface area (Å²) in [5.41, 5.74) is -0.0879. The van der Waals surface area contributed by atoms with Gasteiger partial charge in [-0.15, -0.1) is 0 Å². The van der Waals surface area contributed by atoms with Crippen molar-refractivity contribution in [2.75, 3.05) is 19.6 Å². The number of hydrogen-bond donors (Lipinski definition) is 2. The Morgan fingerprint density at radius 2 is 2.05 bits per heavy atom. The van der Waals surface area contributed by atoms with Crippen LogP contribution in [0.15, 0.2) is 0 Å². The summed E-state index contributed by atoms with van der Waals surface area (Å²) in [4.78, 5) is 14.6. The molecular weight excluding hydrogens is 250 g/mol. The van der Waals surface area contributed by atoms with E-state index in [1.807, 2.05) is 0 Å². The van der Waals surface area contributed by atoms with Crippen molar-refractivity contribution in [3.05, 3.63) is 0 Å². The lowest BCUT2D eigenvalue weighted by Gasteiger charge is -2.31. The van der Waals surface area contributed by atoms with Crippen molar-refractivity contribution in [1.29, 1.82) is 0 Å². The highest BCUT2D eigenvalue weighted by molar-refractivity contribution is 5.78. The quantitative estimate of drug-likeness (QED) is 0.749. The molecule has 4 heteroatoms. The first-order valence-electron chi connectivity index (χ1n) is 8.28. The summed E-state index contributed by atoms with van der Waals surface area (Å²) in [5, 5.41) is 6.75. The molecule has 0 aromatic rings. The van der Waals surface area contributed by atoms with E-state index in [0.29, 0.717) is 18.6 Å². The second-order valence-electron chi connectivity index (χ2n) is 7.09. The van der Waals surface area contributed by atoms with Crippen LogP contribution in [0.1, 0.15) is 59.3 Å². The number of nitrogens with one attached hydrogen (secondary N) is 2. The Hall–Kier alpha value is -0.610. The molecule has 1 unspecified atom stereocenters. The molecule has 20 heavy (non-hydrogen) atoms. The molecule has 1 saturated heterocycles. The molecule has 4 nitrogen and oxygen atoms in total. The van der Waals surface area contributed by atoms with Crippen molar-refractivity contribution >= 4 is 5.91 Å². The van der Waals surface area contributed by atoms with Crippen LogP contribution in [-0.4, -0.2) is 48.1 Å².